The van der Waals surface area contributed by atoms with Crippen LogP contribution in [0.4, 0.5) is 0 Å². The monoisotopic (exact) mass is 259 g/mol. The van der Waals surface area contributed by atoms with E-state index < -0.39 is 0 Å². The Labute approximate surface area is 116 Å². The van der Waals surface area contributed by atoms with Gasteiger partial charge in [-0.2, -0.15) is 0 Å². The molecule has 1 saturated heterocycles. The Balaban J connectivity index is 1.68. The number of benzene rings is 1. The second-order valence-electron chi connectivity index (χ2n) is 5.72. The normalized spacial score (nSPS) is 25.2. The molecule has 3 nitrogen and oxygen atoms in total. The molecule has 3 rings (SSSR count). The van der Waals surface area contributed by atoms with Crippen molar-refractivity contribution in [1.29, 1.82) is 0 Å². The van der Waals surface area contributed by atoms with Gasteiger partial charge >= 0.3 is 0 Å². The van der Waals surface area contributed by atoms with Gasteiger partial charge in [0.1, 0.15) is 0 Å². The predicted molar refractivity (Wildman–Crippen MR) is 79.2 cm³/mol. The van der Waals surface area contributed by atoms with E-state index in [2.05, 4.69) is 46.3 Å². The van der Waals surface area contributed by atoms with Crippen molar-refractivity contribution < 1.29 is 0 Å². The van der Waals surface area contributed by atoms with Crippen molar-refractivity contribution in [2.24, 2.45) is 0 Å². The number of piperazine rings is 1. The summed E-state index contributed by atoms with van der Waals surface area (Å²) in [6.45, 7) is 10.5. The molecule has 0 bridgehead atoms. The van der Waals surface area contributed by atoms with E-state index in [9.17, 15) is 0 Å². The summed E-state index contributed by atoms with van der Waals surface area (Å²) in [6.07, 6.45) is 1.27. The molecular formula is C16H25N3. The van der Waals surface area contributed by atoms with E-state index in [4.69, 9.17) is 0 Å². The summed E-state index contributed by atoms with van der Waals surface area (Å²) in [5.41, 5.74) is 3.03. The molecule has 0 radical (unpaired) electrons. The fourth-order valence-corrected chi connectivity index (χ4v) is 3.41. The Morgan fingerprint density at radius 3 is 2.74 bits per heavy atom. The van der Waals surface area contributed by atoms with E-state index in [0.717, 1.165) is 13.1 Å². The molecule has 0 amide bonds. The van der Waals surface area contributed by atoms with Crippen LogP contribution in [0, 0.1) is 0 Å². The third kappa shape index (κ3) is 2.83. The fraction of sp³-hybridized carbons (Fsp3) is 0.625. The molecule has 1 fully saturated rings. The lowest BCUT2D eigenvalue weighted by Gasteiger charge is -2.41. The maximum Gasteiger partial charge on any atom is 0.0477 e. The quantitative estimate of drug-likeness (QED) is 0.894. The Bertz CT molecular complexity index is 410. The van der Waals surface area contributed by atoms with Crippen LogP contribution in [0.2, 0.25) is 0 Å². The van der Waals surface area contributed by atoms with Crippen molar-refractivity contribution in [2.75, 3.05) is 39.3 Å². The minimum Gasteiger partial charge on any atom is -0.311 e. The maximum absolute atomic E-state index is 3.57. The van der Waals surface area contributed by atoms with Crippen molar-refractivity contribution >= 4 is 0 Å². The average molecular weight is 259 g/mol. The van der Waals surface area contributed by atoms with E-state index in [1.807, 2.05) is 0 Å². The number of nitrogens with zero attached hydrogens (tertiary/aromatic N) is 2. The Morgan fingerprint density at radius 2 is 1.95 bits per heavy atom. The summed E-state index contributed by atoms with van der Waals surface area (Å²) in [5.74, 6) is 0. The highest BCUT2D eigenvalue weighted by atomic mass is 15.3. The minimum atomic E-state index is 0.578. The van der Waals surface area contributed by atoms with Gasteiger partial charge in [-0.1, -0.05) is 31.2 Å². The molecule has 19 heavy (non-hydrogen) atoms. The first kappa shape index (κ1) is 13.1. The number of hydrogen-bond acceptors (Lipinski definition) is 3. The highest BCUT2D eigenvalue weighted by Gasteiger charge is 2.27. The molecule has 3 heteroatoms. The molecular weight excluding hydrogens is 234 g/mol. The molecule has 0 unspecified atom stereocenters. The van der Waals surface area contributed by atoms with Crippen molar-refractivity contribution in [3.8, 4) is 0 Å². The molecule has 2 aliphatic rings. The predicted octanol–water partition coefficient (Wildman–Crippen LogP) is 1.86. The molecule has 1 N–H and O–H groups in total. The Morgan fingerprint density at radius 1 is 1.16 bits per heavy atom. The van der Waals surface area contributed by atoms with Crippen molar-refractivity contribution in [2.45, 2.75) is 25.9 Å². The number of fused-ring (bicyclic) bond motifs is 1. The van der Waals surface area contributed by atoms with Gasteiger partial charge in [0.05, 0.1) is 0 Å². The zero-order valence-electron chi connectivity index (χ0n) is 11.9. The van der Waals surface area contributed by atoms with Crippen LogP contribution < -0.4 is 5.32 Å². The Hall–Kier alpha value is -0.900. The van der Waals surface area contributed by atoms with Crippen molar-refractivity contribution in [3.05, 3.63) is 35.4 Å². The molecule has 2 heterocycles. The highest BCUT2D eigenvalue weighted by molar-refractivity contribution is 5.32. The van der Waals surface area contributed by atoms with Gasteiger partial charge < -0.3 is 10.2 Å². The highest BCUT2D eigenvalue weighted by Crippen LogP contribution is 2.27. The van der Waals surface area contributed by atoms with Gasteiger partial charge in [0.2, 0.25) is 0 Å². The van der Waals surface area contributed by atoms with Gasteiger partial charge in [-0.05, 0) is 24.1 Å². The van der Waals surface area contributed by atoms with Gasteiger partial charge in [0.25, 0.3) is 0 Å². The molecule has 1 atom stereocenters. The lowest BCUT2D eigenvalue weighted by atomic mass is 9.95. The van der Waals surface area contributed by atoms with Crippen LogP contribution >= 0.6 is 0 Å². The smallest absolute Gasteiger partial charge is 0.0477 e. The number of nitrogens with one attached hydrogen (secondary N) is 1. The maximum atomic E-state index is 3.57. The first-order valence-electron chi connectivity index (χ1n) is 7.63. The van der Waals surface area contributed by atoms with Crippen LogP contribution in [0.15, 0.2) is 24.3 Å². The fourth-order valence-electron chi connectivity index (χ4n) is 3.41. The molecule has 2 aliphatic heterocycles. The Kier molecular flexibility index (Phi) is 4.16. The van der Waals surface area contributed by atoms with Gasteiger partial charge in [-0.3, -0.25) is 4.90 Å². The van der Waals surface area contributed by atoms with Gasteiger partial charge in [-0.15, -0.1) is 0 Å². The summed E-state index contributed by atoms with van der Waals surface area (Å²) >= 11 is 0. The van der Waals surface area contributed by atoms with Crippen LogP contribution in [-0.2, 0) is 6.54 Å². The minimum absolute atomic E-state index is 0.578. The van der Waals surface area contributed by atoms with Crippen LogP contribution in [0.3, 0.4) is 0 Å². The van der Waals surface area contributed by atoms with Gasteiger partial charge in [-0.25, -0.2) is 0 Å². The van der Waals surface area contributed by atoms with Crippen LogP contribution in [0.1, 0.15) is 30.5 Å². The van der Waals surface area contributed by atoms with E-state index in [0.29, 0.717) is 6.04 Å². The third-order valence-corrected chi connectivity index (χ3v) is 4.45. The second-order valence-corrected chi connectivity index (χ2v) is 5.72. The average Bonchev–Trinajstić information content (AvgIpc) is 2.48. The van der Waals surface area contributed by atoms with Gasteiger partial charge in [0.15, 0.2) is 0 Å². The lowest BCUT2D eigenvalue weighted by molar-refractivity contribution is 0.0918. The molecule has 0 aliphatic carbocycles. The van der Waals surface area contributed by atoms with Crippen LogP contribution in [-0.4, -0.2) is 49.1 Å². The zero-order chi connectivity index (χ0) is 13.1. The van der Waals surface area contributed by atoms with E-state index in [1.165, 1.54) is 44.7 Å². The molecule has 0 spiro atoms. The SMILES string of the molecule is CCCN1CCN([C@@H]2CNCc3ccccc32)CC1. The molecule has 0 saturated carbocycles. The third-order valence-electron chi connectivity index (χ3n) is 4.45. The number of rotatable bonds is 3. The lowest BCUT2D eigenvalue weighted by Crippen LogP contribution is -2.50. The summed E-state index contributed by atoms with van der Waals surface area (Å²) in [4.78, 5) is 5.26. The van der Waals surface area contributed by atoms with Crippen LogP contribution in [0.25, 0.3) is 0 Å². The van der Waals surface area contributed by atoms with Crippen LogP contribution in [0.5, 0.6) is 0 Å². The molecule has 104 valence electrons. The summed E-state index contributed by atoms with van der Waals surface area (Å²) in [6, 6.07) is 9.50. The molecule has 0 aromatic heterocycles. The van der Waals surface area contributed by atoms with E-state index in [1.54, 1.807) is 5.56 Å². The summed E-state index contributed by atoms with van der Waals surface area (Å²) < 4.78 is 0. The largest absolute Gasteiger partial charge is 0.311 e. The van der Waals surface area contributed by atoms with E-state index in [-0.39, 0.29) is 0 Å². The molecule has 1 aromatic carbocycles. The van der Waals surface area contributed by atoms with E-state index >= 15 is 0 Å². The first-order chi connectivity index (χ1) is 9.38. The van der Waals surface area contributed by atoms with Gasteiger partial charge in [0, 0.05) is 45.3 Å². The summed E-state index contributed by atoms with van der Waals surface area (Å²) in [7, 11) is 0. The topological polar surface area (TPSA) is 18.5 Å². The molecule has 1 aromatic rings. The summed E-state index contributed by atoms with van der Waals surface area (Å²) in [5, 5.41) is 3.57. The zero-order valence-corrected chi connectivity index (χ0v) is 11.9. The first-order valence-corrected chi connectivity index (χ1v) is 7.63. The second kappa shape index (κ2) is 6.04. The van der Waals surface area contributed by atoms with Crippen molar-refractivity contribution in [3.63, 3.8) is 0 Å². The number of hydrogen-bond donors (Lipinski definition) is 1. The standard InChI is InChI=1S/C16H25N3/c1-2-7-18-8-10-19(11-9-18)16-13-17-12-14-5-3-4-6-15(14)16/h3-6,16-17H,2,7-13H2,1H3/t16-/m1/s1. The van der Waals surface area contributed by atoms with Crippen molar-refractivity contribution in [1.82, 2.24) is 15.1 Å².